The molecule has 0 saturated carbocycles. The number of benzene rings is 2. The SMILES string of the molecule is O=C(C[NH+]1CCN(c2ccccc2F)CC1)Nc1cc(C(F)(F)F)ccc1Cl. The summed E-state index contributed by atoms with van der Waals surface area (Å²) in [6.07, 6.45) is -4.52. The van der Waals surface area contributed by atoms with Crippen molar-refractivity contribution >= 4 is 28.9 Å². The Balaban J connectivity index is 1.56. The number of carbonyl (C=O) groups excluding carboxylic acids is 1. The van der Waals surface area contributed by atoms with E-state index in [0.29, 0.717) is 31.9 Å². The summed E-state index contributed by atoms with van der Waals surface area (Å²) in [7, 11) is 0. The molecule has 28 heavy (non-hydrogen) atoms. The van der Waals surface area contributed by atoms with Crippen LogP contribution in [0.2, 0.25) is 5.02 Å². The van der Waals surface area contributed by atoms with Gasteiger partial charge in [-0.05, 0) is 30.3 Å². The van der Waals surface area contributed by atoms with Crippen LogP contribution < -0.4 is 15.1 Å². The normalized spacial score (nSPS) is 15.5. The van der Waals surface area contributed by atoms with Gasteiger partial charge in [0.2, 0.25) is 0 Å². The summed E-state index contributed by atoms with van der Waals surface area (Å²) in [5.41, 5.74) is -0.411. The number of hydrogen-bond donors (Lipinski definition) is 2. The number of quaternary nitrogens is 1. The smallest absolute Gasteiger partial charge is 0.358 e. The number of halogens is 5. The van der Waals surface area contributed by atoms with E-state index in [4.69, 9.17) is 11.6 Å². The van der Waals surface area contributed by atoms with Gasteiger partial charge in [-0.1, -0.05) is 23.7 Å². The first kappa shape index (κ1) is 20.4. The third-order valence-electron chi connectivity index (χ3n) is 4.64. The summed E-state index contributed by atoms with van der Waals surface area (Å²) in [5.74, 6) is -0.710. The number of para-hydroxylation sites is 1. The fourth-order valence-corrected chi connectivity index (χ4v) is 3.33. The molecule has 0 spiro atoms. The molecule has 1 aliphatic rings. The minimum absolute atomic E-state index is 0.0423. The van der Waals surface area contributed by atoms with Gasteiger partial charge in [-0.3, -0.25) is 4.79 Å². The monoisotopic (exact) mass is 416 g/mol. The summed E-state index contributed by atoms with van der Waals surface area (Å²) in [4.78, 5) is 15.1. The highest BCUT2D eigenvalue weighted by Crippen LogP contribution is 2.33. The highest BCUT2D eigenvalue weighted by molar-refractivity contribution is 6.33. The van der Waals surface area contributed by atoms with E-state index in [1.807, 2.05) is 4.90 Å². The van der Waals surface area contributed by atoms with Gasteiger partial charge in [0.05, 0.1) is 48.1 Å². The molecule has 3 rings (SSSR count). The Morgan fingerprint density at radius 2 is 1.82 bits per heavy atom. The Labute approximate surface area is 164 Å². The average Bonchev–Trinajstić information content (AvgIpc) is 2.64. The number of carbonyl (C=O) groups is 1. The lowest BCUT2D eigenvalue weighted by molar-refractivity contribution is -0.892. The predicted molar refractivity (Wildman–Crippen MR) is 99.3 cm³/mol. The van der Waals surface area contributed by atoms with Gasteiger partial charge < -0.3 is 15.1 Å². The zero-order chi connectivity index (χ0) is 20.3. The van der Waals surface area contributed by atoms with Crippen LogP contribution >= 0.6 is 11.6 Å². The fourth-order valence-electron chi connectivity index (χ4n) is 3.17. The van der Waals surface area contributed by atoms with E-state index in [0.717, 1.165) is 23.1 Å². The first-order valence-corrected chi connectivity index (χ1v) is 9.11. The number of amides is 1. The topological polar surface area (TPSA) is 36.8 Å². The molecule has 150 valence electrons. The molecule has 1 aliphatic heterocycles. The molecule has 0 radical (unpaired) electrons. The molecule has 0 bridgehead atoms. The second-order valence-electron chi connectivity index (χ2n) is 6.61. The van der Waals surface area contributed by atoms with Crippen LogP contribution in [-0.4, -0.2) is 38.6 Å². The van der Waals surface area contributed by atoms with Crippen molar-refractivity contribution in [2.24, 2.45) is 0 Å². The molecule has 0 aromatic heterocycles. The molecule has 1 heterocycles. The van der Waals surface area contributed by atoms with Crippen LogP contribution in [0.5, 0.6) is 0 Å². The van der Waals surface area contributed by atoms with E-state index in [2.05, 4.69) is 5.32 Å². The largest absolute Gasteiger partial charge is 0.416 e. The third-order valence-corrected chi connectivity index (χ3v) is 4.97. The van der Waals surface area contributed by atoms with Gasteiger partial charge in [0.1, 0.15) is 5.82 Å². The van der Waals surface area contributed by atoms with Crippen molar-refractivity contribution in [1.29, 1.82) is 0 Å². The summed E-state index contributed by atoms with van der Waals surface area (Å²) >= 11 is 5.90. The zero-order valence-corrected chi connectivity index (χ0v) is 15.6. The van der Waals surface area contributed by atoms with E-state index in [-0.39, 0.29) is 23.1 Å². The molecular weight excluding hydrogens is 398 g/mol. The van der Waals surface area contributed by atoms with Crippen molar-refractivity contribution in [3.63, 3.8) is 0 Å². The Kier molecular flexibility index (Phi) is 6.10. The number of piperazine rings is 1. The zero-order valence-electron chi connectivity index (χ0n) is 14.8. The maximum atomic E-state index is 13.9. The highest BCUT2D eigenvalue weighted by atomic mass is 35.5. The Morgan fingerprint density at radius 1 is 1.14 bits per heavy atom. The first-order valence-electron chi connectivity index (χ1n) is 8.73. The molecule has 9 heteroatoms. The number of anilines is 2. The van der Waals surface area contributed by atoms with Crippen molar-refractivity contribution in [3.05, 3.63) is 58.9 Å². The molecule has 2 N–H and O–H groups in total. The van der Waals surface area contributed by atoms with Crippen molar-refractivity contribution in [2.45, 2.75) is 6.18 Å². The standard InChI is InChI=1S/C19H18ClF4N3O/c20-14-6-5-13(19(22,23)24)11-16(14)25-18(28)12-26-7-9-27(10-8-26)17-4-2-1-3-15(17)21/h1-6,11H,7-10,12H2,(H,25,28)/p+1. The molecule has 1 saturated heterocycles. The molecule has 0 aliphatic carbocycles. The quantitative estimate of drug-likeness (QED) is 0.752. The lowest BCUT2D eigenvalue weighted by Gasteiger charge is -2.33. The summed E-state index contributed by atoms with van der Waals surface area (Å²) in [6, 6.07) is 9.31. The molecule has 1 amide bonds. The van der Waals surface area contributed by atoms with Gasteiger partial charge in [-0.25, -0.2) is 4.39 Å². The first-order chi connectivity index (χ1) is 13.2. The number of nitrogens with zero attached hydrogens (tertiary/aromatic N) is 1. The van der Waals surface area contributed by atoms with E-state index < -0.39 is 17.6 Å². The van der Waals surface area contributed by atoms with Gasteiger partial charge in [0.25, 0.3) is 5.91 Å². The van der Waals surface area contributed by atoms with Gasteiger partial charge >= 0.3 is 6.18 Å². The van der Waals surface area contributed by atoms with Gasteiger partial charge in [0, 0.05) is 0 Å². The maximum Gasteiger partial charge on any atom is 0.416 e. The van der Waals surface area contributed by atoms with E-state index >= 15 is 0 Å². The molecule has 1 fully saturated rings. The molecule has 4 nitrogen and oxygen atoms in total. The lowest BCUT2D eigenvalue weighted by Crippen LogP contribution is -3.15. The van der Waals surface area contributed by atoms with Crippen LogP contribution in [0.25, 0.3) is 0 Å². The molecule has 2 aromatic rings. The lowest BCUT2D eigenvalue weighted by atomic mass is 10.2. The molecule has 0 atom stereocenters. The maximum absolute atomic E-state index is 13.9. The van der Waals surface area contributed by atoms with Gasteiger partial charge in [-0.2, -0.15) is 13.2 Å². The van der Waals surface area contributed by atoms with Crippen molar-refractivity contribution in [2.75, 3.05) is 42.9 Å². The third kappa shape index (κ3) is 4.94. The van der Waals surface area contributed by atoms with Crippen LogP contribution in [0.4, 0.5) is 28.9 Å². The van der Waals surface area contributed by atoms with Crippen LogP contribution in [0.3, 0.4) is 0 Å². The Morgan fingerprint density at radius 3 is 2.46 bits per heavy atom. The number of hydrogen-bond acceptors (Lipinski definition) is 2. The van der Waals surface area contributed by atoms with Crippen LogP contribution in [0, 0.1) is 5.82 Å². The second-order valence-corrected chi connectivity index (χ2v) is 7.01. The Hall–Kier alpha value is -2.32. The second kappa shape index (κ2) is 8.36. The van der Waals surface area contributed by atoms with E-state index in [1.54, 1.807) is 18.2 Å². The minimum atomic E-state index is -4.52. The average molecular weight is 417 g/mol. The van der Waals surface area contributed by atoms with Crippen LogP contribution in [0.15, 0.2) is 42.5 Å². The van der Waals surface area contributed by atoms with Crippen LogP contribution in [0.1, 0.15) is 5.56 Å². The minimum Gasteiger partial charge on any atom is -0.358 e. The number of nitrogens with one attached hydrogen (secondary N) is 2. The van der Waals surface area contributed by atoms with Crippen molar-refractivity contribution < 1.29 is 27.3 Å². The molecule has 0 unspecified atom stereocenters. The summed E-state index contributed by atoms with van der Waals surface area (Å²) in [6.45, 7) is 2.47. The predicted octanol–water partition coefficient (Wildman–Crippen LogP) is 2.84. The van der Waals surface area contributed by atoms with E-state index in [1.165, 1.54) is 6.07 Å². The molecule has 2 aromatic carbocycles. The van der Waals surface area contributed by atoms with Gasteiger partial charge in [0.15, 0.2) is 6.54 Å². The van der Waals surface area contributed by atoms with Gasteiger partial charge in [-0.15, -0.1) is 0 Å². The van der Waals surface area contributed by atoms with Crippen molar-refractivity contribution in [1.82, 2.24) is 0 Å². The number of rotatable bonds is 4. The molecular formula is C19H19ClF4N3O+. The van der Waals surface area contributed by atoms with Crippen molar-refractivity contribution in [3.8, 4) is 0 Å². The highest BCUT2D eigenvalue weighted by Gasteiger charge is 2.31. The summed E-state index contributed by atoms with van der Waals surface area (Å²) in [5, 5.41) is 2.50. The summed E-state index contributed by atoms with van der Waals surface area (Å²) < 4.78 is 52.3. The number of alkyl halides is 3. The Bertz CT molecular complexity index is 851. The van der Waals surface area contributed by atoms with Crippen LogP contribution in [-0.2, 0) is 11.0 Å². The van der Waals surface area contributed by atoms with E-state index in [9.17, 15) is 22.4 Å². The fraction of sp³-hybridized carbons (Fsp3) is 0.316.